The summed E-state index contributed by atoms with van der Waals surface area (Å²) in [4.78, 5) is 2.24. The number of benzene rings is 1. The second-order valence-corrected chi connectivity index (χ2v) is 5.21. The van der Waals surface area contributed by atoms with Crippen LogP contribution in [-0.2, 0) is 0 Å². The third kappa shape index (κ3) is 1.88. The quantitative estimate of drug-likeness (QED) is 0.806. The van der Waals surface area contributed by atoms with Crippen molar-refractivity contribution in [2.45, 2.75) is 31.1 Å². The van der Waals surface area contributed by atoms with Gasteiger partial charge in [-0.1, -0.05) is 30.3 Å². The summed E-state index contributed by atoms with van der Waals surface area (Å²) in [6.45, 7) is 2.02. The largest absolute Gasteiger partial charge is 0.391 e. The average Bonchev–Trinajstić information content (AvgIpc) is 2.40. The number of aliphatic hydroxyl groups is 2. The molecule has 0 aliphatic carbocycles. The Balaban J connectivity index is 1.84. The van der Waals surface area contributed by atoms with Crippen molar-refractivity contribution >= 4 is 0 Å². The maximum Gasteiger partial charge on any atom is 0.0970 e. The van der Waals surface area contributed by atoms with Gasteiger partial charge in [0, 0.05) is 0 Å². The number of aliphatic hydroxyl groups excluding tert-OH is 2. The second kappa shape index (κ2) is 4.41. The molecule has 0 amide bonds. The van der Waals surface area contributed by atoms with E-state index >= 15 is 0 Å². The van der Waals surface area contributed by atoms with Crippen molar-refractivity contribution < 1.29 is 10.2 Å². The summed E-state index contributed by atoms with van der Waals surface area (Å²) in [6, 6.07) is 9.55. The molecule has 0 unspecified atom stereocenters. The van der Waals surface area contributed by atoms with E-state index in [4.69, 9.17) is 0 Å². The third-order valence-electron chi connectivity index (χ3n) is 4.29. The van der Waals surface area contributed by atoms with Crippen LogP contribution in [0.25, 0.3) is 0 Å². The minimum Gasteiger partial charge on any atom is -0.391 e. The van der Waals surface area contributed by atoms with Crippen molar-refractivity contribution in [2.24, 2.45) is 5.92 Å². The monoisotopic (exact) mass is 233 g/mol. The van der Waals surface area contributed by atoms with Gasteiger partial charge in [-0.05, 0) is 37.4 Å². The highest BCUT2D eigenvalue weighted by atomic mass is 16.3. The van der Waals surface area contributed by atoms with E-state index in [1.165, 1.54) is 0 Å². The van der Waals surface area contributed by atoms with Gasteiger partial charge in [0.15, 0.2) is 0 Å². The molecule has 0 aromatic heterocycles. The van der Waals surface area contributed by atoms with Gasteiger partial charge < -0.3 is 10.2 Å². The molecule has 3 saturated heterocycles. The van der Waals surface area contributed by atoms with Crippen LogP contribution in [0.15, 0.2) is 30.3 Å². The molecule has 3 nitrogen and oxygen atoms in total. The van der Waals surface area contributed by atoms with E-state index in [0.29, 0.717) is 5.92 Å². The Kier molecular flexibility index (Phi) is 2.90. The minimum atomic E-state index is -0.575. The standard InChI is InChI=1S/C14H19NO2/c16-13(10-4-2-1-3-5-10)12-14(17)11-6-8-15(12)9-7-11/h1-5,11-14,16-17H,6-9H2/t12-,13+,14-/m1/s1. The first-order chi connectivity index (χ1) is 8.27. The zero-order valence-electron chi connectivity index (χ0n) is 9.87. The first-order valence-electron chi connectivity index (χ1n) is 6.42. The van der Waals surface area contributed by atoms with E-state index in [9.17, 15) is 10.2 Å². The van der Waals surface area contributed by atoms with E-state index in [-0.39, 0.29) is 12.1 Å². The highest BCUT2D eigenvalue weighted by Gasteiger charge is 2.44. The molecule has 92 valence electrons. The van der Waals surface area contributed by atoms with Crippen LogP contribution in [0.3, 0.4) is 0 Å². The van der Waals surface area contributed by atoms with Crippen molar-refractivity contribution in [2.75, 3.05) is 13.1 Å². The number of hydrogen-bond donors (Lipinski definition) is 2. The van der Waals surface area contributed by atoms with E-state index in [2.05, 4.69) is 4.90 Å². The van der Waals surface area contributed by atoms with Gasteiger partial charge >= 0.3 is 0 Å². The molecule has 3 aliphatic rings. The maximum atomic E-state index is 10.4. The molecule has 0 radical (unpaired) electrons. The Morgan fingerprint density at radius 1 is 1.12 bits per heavy atom. The molecule has 2 bridgehead atoms. The van der Waals surface area contributed by atoms with E-state index in [1.807, 2.05) is 30.3 Å². The van der Waals surface area contributed by atoms with Gasteiger partial charge in [-0.15, -0.1) is 0 Å². The molecule has 4 rings (SSSR count). The van der Waals surface area contributed by atoms with Gasteiger partial charge in [0.2, 0.25) is 0 Å². The lowest BCUT2D eigenvalue weighted by Gasteiger charge is -2.50. The van der Waals surface area contributed by atoms with Crippen molar-refractivity contribution in [3.05, 3.63) is 35.9 Å². The summed E-state index contributed by atoms with van der Waals surface area (Å²) in [7, 11) is 0. The molecular weight excluding hydrogens is 214 g/mol. The minimum absolute atomic E-state index is 0.120. The summed E-state index contributed by atoms with van der Waals surface area (Å²) < 4.78 is 0. The van der Waals surface area contributed by atoms with Crippen LogP contribution in [-0.4, -0.2) is 40.3 Å². The van der Waals surface area contributed by atoms with Gasteiger partial charge in [-0.3, -0.25) is 4.90 Å². The van der Waals surface area contributed by atoms with Crippen LogP contribution >= 0.6 is 0 Å². The van der Waals surface area contributed by atoms with Crippen LogP contribution in [0.4, 0.5) is 0 Å². The number of piperidine rings is 3. The molecule has 3 atom stereocenters. The first kappa shape index (κ1) is 11.2. The van der Waals surface area contributed by atoms with E-state index in [1.54, 1.807) is 0 Å². The molecule has 17 heavy (non-hydrogen) atoms. The van der Waals surface area contributed by atoms with Gasteiger partial charge in [-0.25, -0.2) is 0 Å². The van der Waals surface area contributed by atoms with Crippen LogP contribution in [0.2, 0.25) is 0 Å². The van der Waals surface area contributed by atoms with Crippen LogP contribution < -0.4 is 0 Å². The molecular formula is C14H19NO2. The third-order valence-corrected chi connectivity index (χ3v) is 4.29. The predicted octanol–water partition coefficient (Wildman–Crippen LogP) is 1.18. The Labute approximate surface area is 102 Å². The fourth-order valence-electron chi connectivity index (χ4n) is 3.29. The van der Waals surface area contributed by atoms with Crippen LogP contribution in [0.5, 0.6) is 0 Å². The van der Waals surface area contributed by atoms with Crippen LogP contribution in [0, 0.1) is 5.92 Å². The van der Waals surface area contributed by atoms with E-state index in [0.717, 1.165) is 31.5 Å². The molecule has 3 heterocycles. The zero-order chi connectivity index (χ0) is 11.8. The average molecular weight is 233 g/mol. The number of nitrogens with zero attached hydrogens (tertiary/aromatic N) is 1. The highest BCUT2D eigenvalue weighted by molar-refractivity contribution is 5.20. The molecule has 0 spiro atoms. The summed E-state index contributed by atoms with van der Waals surface area (Å²) in [6.07, 6.45) is 1.18. The van der Waals surface area contributed by atoms with Gasteiger partial charge in [0.1, 0.15) is 0 Å². The summed E-state index contributed by atoms with van der Waals surface area (Å²) in [5, 5.41) is 20.7. The SMILES string of the molecule is O[C@@H]1C2CCN(CC2)[C@@H]1[C@@H](O)c1ccccc1. The topological polar surface area (TPSA) is 43.7 Å². The Morgan fingerprint density at radius 2 is 1.76 bits per heavy atom. The predicted molar refractivity (Wildman–Crippen MR) is 65.5 cm³/mol. The summed E-state index contributed by atoms with van der Waals surface area (Å²) in [5.41, 5.74) is 0.907. The molecule has 3 aliphatic heterocycles. The van der Waals surface area contributed by atoms with Gasteiger partial charge in [-0.2, -0.15) is 0 Å². The molecule has 2 N–H and O–H groups in total. The number of fused-ring (bicyclic) bond motifs is 3. The molecule has 3 heteroatoms. The molecule has 1 aromatic carbocycles. The lowest BCUT2D eigenvalue weighted by atomic mass is 9.77. The highest BCUT2D eigenvalue weighted by Crippen LogP contribution is 2.37. The Bertz CT molecular complexity index is 371. The lowest BCUT2D eigenvalue weighted by molar-refractivity contribution is -0.116. The van der Waals surface area contributed by atoms with Gasteiger partial charge in [0.05, 0.1) is 18.2 Å². The normalized spacial score (nSPS) is 38.0. The van der Waals surface area contributed by atoms with Crippen molar-refractivity contribution in [1.82, 2.24) is 4.90 Å². The summed E-state index contributed by atoms with van der Waals surface area (Å²) in [5.74, 6) is 0.378. The zero-order valence-corrected chi connectivity index (χ0v) is 9.87. The molecule has 1 aromatic rings. The first-order valence-corrected chi connectivity index (χ1v) is 6.42. The number of rotatable bonds is 2. The van der Waals surface area contributed by atoms with Crippen molar-refractivity contribution in [3.8, 4) is 0 Å². The van der Waals surface area contributed by atoms with Crippen molar-refractivity contribution in [3.63, 3.8) is 0 Å². The lowest BCUT2D eigenvalue weighted by Crippen LogP contribution is -2.59. The fourth-order valence-corrected chi connectivity index (χ4v) is 3.29. The Morgan fingerprint density at radius 3 is 2.35 bits per heavy atom. The van der Waals surface area contributed by atoms with Gasteiger partial charge in [0.25, 0.3) is 0 Å². The fraction of sp³-hybridized carbons (Fsp3) is 0.571. The maximum absolute atomic E-state index is 10.4. The van der Waals surface area contributed by atoms with Crippen LogP contribution in [0.1, 0.15) is 24.5 Å². The Hall–Kier alpha value is -0.900. The molecule has 0 saturated carbocycles. The van der Waals surface area contributed by atoms with E-state index < -0.39 is 6.10 Å². The summed E-state index contributed by atoms with van der Waals surface area (Å²) >= 11 is 0. The number of hydrogen-bond acceptors (Lipinski definition) is 3. The second-order valence-electron chi connectivity index (χ2n) is 5.21. The molecule has 3 fully saturated rings. The smallest absolute Gasteiger partial charge is 0.0970 e. The van der Waals surface area contributed by atoms with Crippen molar-refractivity contribution in [1.29, 1.82) is 0 Å².